The first-order valence-corrected chi connectivity index (χ1v) is 5.64. The quantitative estimate of drug-likeness (QED) is 0.632. The van der Waals surface area contributed by atoms with Crippen molar-refractivity contribution in [1.29, 1.82) is 0 Å². The van der Waals surface area contributed by atoms with E-state index in [0.29, 0.717) is 12.0 Å². The maximum Gasteiger partial charge on any atom is 0.0588 e. The summed E-state index contributed by atoms with van der Waals surface area (Å²) in [7, 11) is 1.75. The van der Waals surface area contributed by atoms with Crippen LogP contribution in [0.3, 0.4) is 0 Å². The Morgan fingerprint density at radius 3 is 3.07 bits per heavy atom. The van der Waals surface area contributed by atoms with E-state index in [1.807, 2.05) is 0 Å². The van der Waals surface area contributed by atoms with Gasteiger partial charge in [-0.15, -0.1) is 0 Å². The van der Waals surface area contributed by atoms with E-state index >= 15 is 0 Å². The van der Waals surface area contributed by atoms with E-state index in [-0.39, 0.29) is 0 Å². The lowest BCUT2D eigenvalue weighted by Crippen LogP contribution is -2.26. The van der Waals surface area contributed by atoms with Gasteiger partial charge in [-0.1, -0.05) is 6.92 Å². The van der Waals surface area contributed by atoms with Crippen molar-refractivity contribution >= 4 is 0 Å². The van der Waals surface area contributed by atoms with Gasteiger partial charge in [0.05, 0.1) is 6.10 Å². The van der Waals surface area contributed by atoms with Crippen LogP contribution in [0.4, 0.5) is 0 Å². The highest BCUT2D eigenvalue weighted by Gasteiger charge is 2.14. The molecule has 0 radical (unpaired) electrons. The molecule has 3 heteroatoms. The van der Waals surface area contributed by atoms with Crippen molar-refractivity contribution in [3.63, 3.8) is 0 Å². The average Bonchev–Trinajstić information content (AvgIpc) is 2.65. The molecule has 84 valence electrons. The monoisotopic (exact) mass is 201 g/mol. The number of hydrogen-bond acceptors (Lipinski definition) is 3. The van der Waals surface area contributed by atoms with E-state index in [0.717, 1.165) is 32.7 Å². The summed E-state index contributed by atoms with van der Waals surface area (Å²) >= 11 is 0. The molecule has 2 atom stereocenters. The molecule has 0 bridgehead atoms. The van der Waals surface area contributed by atoms with Crippen LogP contribution >= 0.6 is 0 Å². The van der Waals surface area contributed by atoms with Crippen molar-refractivity contribution in [2.24, 2.45) is 5.92 Å². The zero-order valence-electron chi connectivity index (χ0n) is 9.42. The maximum atomic E-state index is 5.54. The van der Waals surface area contributed by atoms with E-state index < -0.39 is 0 Å². The van der Waals surface area contributed by atoms with Gasteiger partial charge < -0.3 is 14.8 Å². The van der Waals surface area contributed by atoms with Gasteiger partial charge in [-0.25, -0.2) is 0 Å². The third kappa shape index (κ3) is 4.94. The highest BCUT2D eigenvalue weighted by atomic mass is 16.5. The second-order valence-electron chi connectivity index (χ2n) is 4.19. The van der Waals surface area contributed by atoms with Crippen LogP contribution < -0.4 is 5.32 Å². The zero-order valence-corrected chi connectivity index (χ0v) is 9.42. The first-order valence-electron chi connectivity index (χ1n) is 5.64. The predicted octanol–water partition coefficient (Wildman–Crippen LogP) is 1.43. The van der Waals surface area contributed by atoms with Crippen LogP contribution in [0.15, 0.2) is 0 Å². The number of methoxy groups -OCH3 is 1. The molecule has 0 aliphatic carbocycles. The SMILES string of the molecule is COCC(C)CNCCC1CCCO1. The number of ether oxygens (including phenoxy) is 2. The van der Waals surface area contributed by atoms with Crippen molar-refractivity contribution < 1.29 is 9.47 Å². The fourth-order valence-corrected chi connectivity index (χ4v) is 1.83. The lowest BCUT2D eigenvalue weighted by Gasteiger charge is -2.13. The fourth-order valence-electron chi connectivity index (χ4n) is 1.83. The van der Waals surface area contributed by atoms with Crippen LogP contribution in [0.2, 0.25) is 0 Å². The zero-order chi connectivity index (χ0) is 10.2. The molecule has 0 aromatic heterocycles. The van der Waals surface area contributed by atoms with Gasteiger partial charge in [-0.2, -0.15) is 0 Å². The van der Waals surface area contributed by atoms with Gasteiger partial charge in [0.2, 0.25) is 0 Å². The third-order valence-corrected chi connectivity index (χ3v) is 2.61. The predicted molar refractivity (Wildman–Crippen MR) is 57.5 cm³/mol. The van der Waals surface area contributed by atoms with Gasteiger partial charge in [0.25, 0.3) is 0 Å². The second-order valence-corrected chi connectivity index (χ2v) is 4.19. The minimum absolute atomic E-state index is 0.514. The Labute approximate surface area is 87.2 Å². The largest absolute Gasteiger partial charge is 0.384 e. The molecule has 14 heavy (non-hydrogen) atoms. The van der Waals surface area contributed by atoms with Crippen molar-refractivity contribution in [3.8, 4) is 0 Å². The molecule has 1 N–H and O–H groups in total. The lowest BCUT2D eigenvalue weighted by atomic mass is 10.1. The topological polar surface area (TPSA) is 30.5 Å². The molecular formula is C11H23NO2. The second kappa shape index (κ2) is 7.21. The molecule has 1 rings (SSSR count). The van der Waals surface area contributed by atoms with Crippen LogP contribution in [0, 0.1) is 5.92 Å². The highest BCUT2D eigenvalue weighted by Crippen LogP contribution is 2.14. The molecule has 1 heterocycles. The molecule has 1 fully saturated rings. The number of rotatable bonds is 7. The molecule has 1 aliphatic heterocycles. The standard InChI is InChI=1S/C11H23NO2/c1-10(9-13-2)8-12-6-5-11-4-3-7-14-11/h10-12H,3-9H2,1-2H3. The Bertz CT molecular complexity index is 135. The molecule has 0 saturated carbocycles. The van der Waals surface area contributed by atoms with Crippen molar-refractivity contribution in [2.75, 3.05) is 33.4 Å². The first kappa shape index (κ1) is 12.0. The molecule has 0 aromatic rings. The van der Waals surface area contributed by atoms with Gasteiger partial charge in [-0.05, 0) is 38.3 Å². The fraction of sp³-hybridized carbons (Fsp3) is 1.00. The Morgan fingerprint density at radius 2 is 2.43 bits per heavy atom. The van der Waals surface area contributed by atoms with Gasteiger partial charge in [0.15, 0.2) is 0 Å². The van der Waals surface area contributed by atoms with Crippen LogP contribution in [0.1, 0.15) is 26.2 Å². The van der Waals surface area contributed by atoms with Crippen molar-refractivity contribution in [3.05, 3.63) is 0 Å². The summed E-state index contributed by atoms with van der Waals surface area (Å²) in [6, 6.07) is 0. The smallest absolute Gasteiger partial charge is 0.0588 e. The molecule has 3 nitrogen and oxygen atoms in total. The Balaban J connectivity index is 1.88. The Hall–Kier alpha value is -0.120. The Kier molecular flexibility index (Phi) is 6.15. The molecule has 0 amide bonds. The lowest BCUT2D eigenvalue weighted by molar-refractivity contribution is 0.103. The summed E-state index contributed by atoms with van der Waals surface area (Å²) in [4.78, 5) is 0. The Morgan fingerprint density at radius 1 is 1.57 bits per heavy atom. The summed E-state index contributed by atoms with van der Waals surface area (Å²) in [5.41, 5.74) is 0. The van der Waals surface area contributed by atoms with E-state index in [2.05, 4.69) is 12.2 Å². The first-order chi connectivity index (χ1) is 6.83. The van der Waals surface area contributed by atoms with Gasteiger partial charge >= 0.3 is 0 Å². The van der Waals surface area contributed by atoms with E-state index in [1.165, 1.54) is 12.8 Å². The van der Waals surface area contributed by atoms with Gasteiger partial charge in [0.1, 0.15) is 0 Å². The van der Waals surface area contributed by atoms with E-state index in [9.17, 15) is 0 Å². The van der Waals surface area contributed by atoms with Crippen LogP contribution in [0.25, 0.3) is 0 Å². The molecular weight excluding hydrogens is 178 g/mol. The third-order valence-electron chi connectivity index (χ3n) is 2.61. The molecule has 0 aromatic carbocycles. The van der Waals surface area contributed by atoms with Crippen LogP contribution in [-0.2, 0) is 9.47 Å². The van der Waals surface area contributed by atoms with Crippen molar-refractivity contribution in [1.82, 2.24) is 5.32 Å². The van der Waals surface area contributed by atoms with Gasteiger partial charge in [0, 0.05) is 20.3 Å². The molecule has 2 unspecified atom stereocenters. The summed E-state index contributed by atoms with van der Waals surface area (Å²) in [5, 5.41) is 3.44. The van der Waals surface area contributed by atoms with E-state index in [4.69, 9.17) is 9.47 Å². The minimum Gasteiger partial charge on any atom is -0.384 e. The average molecular weight is 201 g/mol. The minimum atomic E-state index is 0.514. The van der Waals surface area contributed by atoms with Crippen LogP contribution in [-0.4, -0.2) is 39.5 Å². The normalized spacial score (nSPS) is 24.0. The maximum absolute atomic E-state index is 5.54. The molecule has 1 saturated heterocycles. The molecule has 0 spiro atoms. The van der Waals surface area contributed by atoms with Gasteiger partial charge in [-0.3, -0.25) is 0 Å². The number of nitrogens with one attached hydrogen (secondary N) is 1. The van der Waals surface area contributed by atoms with E-state index in [1.54, 1.807) is 7.11 Å². The molecule has 1 aliphatic rings. The summed E-state index contributed by atoms with van der Waals surface area (Å²) in [6.07, 6.45) is 4.15. The number of hydrogen-bond donors (Lipinski definition) is 1. The summed E-state index contributed by atoms with van der Waals surface area (Å²) in [6.45, 7) is 6.11. The highest BCUT2D eigenvalue weighted by molar-refractivity contribution is 4.66. The summed E-state index contributed by atoms with van der Waals surface area (Å²) < 4.78 is 10.6. The van der Waals surface area contributed by atoms with Crippen molar-refractivity contribution in [2.45, 2.75) is 32.3 Å². The summed E-state index contributed by atoms with van der Waals surface area (Å²) in [5.74, 6) is 0.601. The van der Waals surface area contributed by atoms with Crippen LogP contribution in [0.5, 0.6) is 0 Å².